The van der Waals surface area contributed by atoms with E-state index in [0.717, 1.165) is 12.8 Å². The number of aldehydes is 1. The molecule has 0 radical (unpaired) electrons. The smallest absolute Gasteiger partial charge is 0.410 e. The third-order valence-corrected chi connectivity index (χ3v) is 2.00. The fraction of sp³-hybridized carbons (Fsp3) is 0.714. The van der Waals surface area contributed by atoms with E-state index in [1.807, 2.05) is 0 Å². The molecule has 1 atom stereocenters. The van der Waals surface area contributed by atoms with Gasteiger partial charge in [-0.05, 0) is 12.8 Å². The molecule has 1 amide bonds. The molecule has 0 aromatic heterocycles. The Labute approximate surface area is 64.1 Å². The number of amides is 1. The molecule has 60 valence electrons. The predicted octanol–water partition coefficient (Wildman–Crippen LogP) is 0.169. The van der Waals surface area contributed by atoms with Crippen LogP contribution < -0.4 is 0 Å². The second-order valence-electron chi connectivity index (χ2n) is 2.94. The molecule has 0 N–H and O–H groups in total. The predicted molar refractivity (Wildman–Crippen MR) is 36.1 cm³/mol. The summed E-state index contributed by atoms with van der Waals surface area (Å²) in [7, 11) is 0. The molecule has 0 bridgehead atoms. The van der Waals surface area contributed by atoms with Crippen LogP contribution >= 0.6 is 0 Å². The van der Waals surface area contributed by atoms with Gasteiger partial charge in [-0.25, -0.2) is 4.79 Å². The van der Waals surface area contributed by atoms with Crippen molar-refractivity contribution in [3.8, 4) is 0 Å². The molecular formula is C7H9NO3. The van der Waals surface area contributed by atoms with E-state index in [0.29, 0.717) is 18.9 Å². The number of cyclic esters (lactones) is 1. The van der Waals surface area contributed by atoms with Crippen LogP contribution in [0.2, 0.25) is 0 Å². The van der Waals surface area contributed by atoms with Gasteiger partial charge in [0.25, 0.3) is 0 Å². The zero-order valence-corrected chi connectivity index (χ0v) is 6.03. The second-order valence-corrected chi connectivity index (χ2v) is 2.94. The molecule has 11 heavy (non-hydrogen) atoms. The van der Waals surface area contributed by atoms with Crippen molar-refractivity contribution in [1.82, 2.24) is 4.90 Å². The fourth-order valence-electron chi connectivity index (χ4n) is 1.26. The highest BCUT2D eigenvalue weighted by Crippen LogP contribution is 2.30. The van der Waals surface area contributed by atoms with Crippen molar-refractivity contribution in [2.45, 2.75) is 25.0 Å². The lowest BCUT2D eigenvalue weighted by Gasteiger charge is -2.08. The first-order valence-corrected chi connectivity index (χ1v) is 3.74. The summed E-state index contributed by atoms with van der Waals surface area (Å²) in [6.07, 6.45) is 1.94. The summed E-state index contributed by atoms with van der Waals surface area (Å²) in [6.45, 7) is 0.451. The Hall–Kier alpha value is -1.06. The number of carbonyl (C=O) groups excluding carboxylic acids is 2. The van der Waals surface area contributed by atoms with E-state index < -0.39 is 6.10 Å². The van der Waals surface area contributed by atoms with E-state index in [2.05, 4.69) is 0 Å². The van der Waals surface area contributed by atoms with E-state index in [1.54, 1.807) is 4.90 Å². The number of hydrogen-bond acceptors (Lipinski definition) is 3. The highest BCUT2D eigenvalue weighted by atomic mass is 16.6. The average Bonchev–Trinajstić information content (AvgIpc) is 2.76. The normalized spacial score (nSPS) is 30.4. The Morgan fingerprint density at radius 1 is 1.55 bits per heavy atom. The maximum absolute atomic E-state index is 11.0. The molecule has 1 aliphatic heterocycles. The molecule has 1 saturated carbocycles. The molecule has 1 saturated heterocycles. The average molecular weight is 155 g/mol. The minimum atomic E-state index is -0.525. The van der Waals surface area contributed by atoms with Gasteiger partial charge in [-0.2, -0.15) is 0 Å². The lowest BCUT2D eigenvalue weighted by Crippen LogP contribution is -2.27. The number of carbonyl (C=O) groups is 2. The molecular weight excluding hydrogens is 146 g/mol. The molecule has 2 fully saturated rings. The summed E-state index contributed by atoms with van der Waals surface area (Å²) in [5.74, 6) is 0. The third kappa shape index (κ3) is 1.08. The molecule has 0 aromatic carbocycles. The summed E-state index contributed by atoms with van der Waals surface area (Å²) in [4.78, 5) is 22.8. The van der Waals surface area contributed by atoms with Crippen LogP contribution in [0.5, 0.6) is 0 Å². The van der Waals surface area contributed by atoms with Crippen LogP contribution in [0.15, 0.2) is 0 Å². The molecule has 0 aromatic rings. The highest BCUT2D eigenvalue weighted by molar-refractivity contribution is 5.75. The molecule has 4 heteroatoms. The van der Waals surface area contributed by atoms with E-state index in [1.165, 1.54) is 0 Å². The van der Waals surface area contributed by atoms with Gasteiger partial charge in [-0.1, -0.05) is 0 Å². The van der Waals surface area contributed by atoms with Gasteiger partial charge in [-0.3, -0.25) is 4.79 Å². The standard InChI is InChI=1S/C7H9NO3/c9-4-6-3-8(5-1-2-5)7(10)11-6/h4-6H,1-3H2. The monoisotopic (exact) mass is 155 g/mol. The van der Waals surface area contributed by atoms with Gasteiger partial charge in [0.15, 0.2) is 12.4 Å². The van der Waals surface area contributed by atoms with Crippen LogP contribution in [0.1, 0.15) is 12.8 Å². The first kappa shape index (κ1) is 6.64. The fourth-order valence-corrected chi connectivity index (χ4v) is 1.26. The van der Waals surface area contributed by atoms with Crippen LogP contribution in [0.25, 0.3) is 0 Å². The van der Waals surface area contributed by atoms with Crippen molar-refractivity contribution < 1.29 is 14.3 Å². The Bertz CT molecular complexity index is 200. The number of rotatable bonds is 2. The van der Waals surface area contributed by atoms with Gasteiger partial charge < -0.3 is 9.64 Å². The van der Waals surface area contributed by atoms with Crippen molar-refractivity contribution in [1.29, 1.82) is 0 Å². The molecule has 1 heterocycles. The Balaban J connectivity index is 2.01. The Morgan fingerprint density at radius 2 is 2.27 bits per heavy atom. The minimum Gasteiger partial charge on any atom is -0.436 e. The minimum absolute atomic E-state index is 0.329. The lowest BCUT2D eigenvalue weighted by molar-refractivity contribution is -0.113. The van der Waals surface area contributed by atoms with E-state index in [9.17, 15) is 9.59 Å². The molecule has 4 nitrogen and oxygen atoms in total. The van der Waals surface area contributed by atoms with Crippen LogP contribution in [0.4, 0.5) is 4.79 Å². The number of ether oxygens (including phenoxy) is 1. The first-order chi connectivity index (χ1) is 5.31. The van der Waals surface area contributed by atoms with Crippen molar-refractivity contribution in [2.24, 2.45) is 0 Å². The summed E-state index contributed by atoms with van der Waals surface area (Å²) in [5.41, 5.74) is 0. The van der Waals surface area contributed by atoms with E-state index in [4.69, 9.17) is 4.74 Å². The second kappa shape index (κ2) is 2.22. The number of hydrogen-bond donors (Lipinski definition) is 0. The van der Waals surface area contributed by atoms with Gasteiger partial charge in [0.05, 0.1) is 6.54 Å². The molecule has 1 unspecified atom stereocenters. The largest absolute Gasteiger partial charge is 0.436 e. The Kier molecular flexibility index (Phi) is 1.34. The van der Waals surface area contributed by atoms with Crippen molar-refractivity contribution in [3.05, 3.63) is 0 Å². The molecule has 2 aliphatic rings. The van der Waals surface area contributed by atoms with Crippen LogP contribution in [-0.4, -0.2) is 36.0 Å². The van der Waals surface area contributed by atoms with Crippen LogP contribution in [0.3, 0.4) is 0 Å². The van der Waals surface area contributed by atoms with Gasteiger partial charge in [0.1, 0.15) is 0 Å². The maximum atomic E-state index is 11.0. The SMILES string of the molecule is O=CC1CN(C2CC2)C(=O)O1. The summed E-state index contributed by atoms with van der Waals surface area (Å²) in [6, 6.07) is 0.354. The van der Waals surface area contributed by atoms with Crippen molar-refractivity contribution >= 4 is 12.4 Å². The third-order valence-electron chi connectivity index (χ3n) is 2.00. The summed E-state index contributed by atoms with van der Waals surface area (Å²) >= 11 is 0. The van der Waals surface area contributed by atoms with Crippen LogP contribution in [-0.2, 0) is 9.53 Å². The summed E-state index contributed by atoms with van der Waals surface area (Å²) < 4.78 is 4.74. The van der Waals surface area contributed by atoms with Gasteiger partial charge >= 0.3 is 6.09 Å². The van der Waals surface area contributed by atoms with Gasteiger partial charge in [0, 0.05) is 6.04 Å². The van der Waals surface area contributed by atoms with E-state index in [-0.39, 0.29) is 6.09 Å². The highest BCUT2D eigenvalue weighted by Gasteiger charge is 2.40. The maximum Gasteiger partial charge on any atom is 0.410 e. The quantitative estimate of drug-likeness (QED) is 0.534. The summed E-state index contributed by atoms with van der Waals surface area (Å²) in [5, 5.41) is 0. The zero-order valence-electron chi connectivity index (χ0n) is 6.03. The first-order valence-electron chi connectivity index (χ1n) is 3.74. The van der Waals surface area contributed by atoms with Crippen molar-refractivity contribution in [2.75, 3.05) is 6.54 Å². The zero-order chi connectivity index (χ0) is 7.84. The Morgan fingerprint density at radius 3 is 2.73 bits per heavy atom. The number of nitrogens with zero attached hydrogens (tertiary/aromatic N) is 1. The molecule has 0 spiro atoms. The lowest BCUT2D eigenvalue weighted by atomic mass is 10.4. The van der Waals surface area contributed by atoms with Gasteiger partial charge in [-0.15, -0.1) is 0 Å². The molecule has 2 rings (SSSR count). The van der Waals surface area contributed by atoms with Crippen LogP contribution in [0, 0.1) is 0 Å². The topological polar surface area (TPSA) is 46.6 Å². The van der Waals surface area contributed by atoms with Crippen molar-refractivity contribution in [3.63, 3.8) is 0 Å². The van der Waals surface area contributed by atoms with Gasteiger partial charge in [0.2, 0.25) is 0 Å². The van der Waals surface area contributed by atoms with E-state index >= 15 is 0 Å². The molecule has 1 aliphatic carbocycles.